The summed E-state index contributed by atoms with van der Waals surface area (Å²) in [6.07, 6.45) is 3.69. The summed E-state index contributed by atoms with van der Waals surface area (Å²) in [5.74, 6) is 0.234. The Morgan fingerprint density at radius 3 is 2.74 bits per heavy atom. The van der Waals surface area contributed by atoms with Crippen molar-refractivity contribution in [3.8, 4) is 0 Å². The third-order valence-electron chi connectivity index (χ3n) is 4.83. The number of rotatable bonds is 1. The van der Waals surface area contributed by atoms with Crippen LogP contribution in [0.5, 0.6) is 0 Å². The fourth-order valence-electron chi connectivity index (χ4n) is 3.73. The van der Waals surface area contributed by atoms with E-state index in [4.69, 9.17) is 4.74 Å². The standard InChI is InChI=1S/C14H22N2O3/c1-10-12(17)15-7-4-3-5-11(15)13(18)16(10)14(2)6-8-19-9-14/h10-11H,3-9H2,1-2H3. The van der Waals surface area contributed by atoms with Crippen molar-refractivity contribution in [3.63, 3.8) is 0 Å². The van der Waals surface area contributed by atoms with Crippen molar-refractivity contribution in [2.75, 3.05) is 19.8 Å². The summed E-state index contributed by atoms with van der Waals surface area (Å²) in [5, 5.41) is 0. The number of piperidine rings is 1. The molecule has 19 heavy (non-hydrogen) atoms. The van der Waals surface area contributed by atoms with Gasteiger partial charge in [-0.3, -0.25) is 9.59 Å². The summed E-state index contributed by atoms with van der Waals surface area (Å²) in [7, 11) is 0. The van der Waals surface area contributed by atoms with Gasteiger partial charge in [-0.05, 0) is 39.5 Å². The number of piperazine rings is 1. The second kappa shape index (κ2) is 4.47. The molecule has 0 radical (unpaired) electrons. The number of nitrogens with zero attached hydrogens (tertiary/aromatic N) is 2. The average Bonchev–Trinajstić information content (AvgIpc) is 2.84. The van der Waals surface area contributed by atoms with E-state index in [1.807, 2.05) is 18.7 Å². The van der Waals surface area contributed by atoms with Crippen molar-refractivity contribution in [3.05, 3.63) is 0 Å². The molecule has 3 atom stereocenters. The Morgan fingerprint density at radius 1 is 1.26 bits per heavy atom. The van der Waals surface area contributed by atoms with E-state index in [-0.39, 0.29) is 29.4 Å². The number of carbonyl (C=O) groups excluding carboxylic acids is 2. The zero-order valence-electron chi connectivity index (χ0n) is 11.7. The van der Waals surface area contributed by atoms with Gasteiger partial charge < -0.3 is 14.5 Å². The molecule has 2 amide bonds. The van der Waals surface area contributed by atoms with Gasteiger partial charge >= 0.3 is 0 Å². The van der Waals surface area contributed by atoms with E-state index in [0.29, 0.717) is 13.2 Å². The van der Waals surface area contributed by atoms with Gasteiger partial charge in [-0.25, -0.2) is 0 Å². The van der Waals surface area contributed by atoms with Gasteiger partial charge in [-0.1, -0.05) is 0 Å². The first-order valence-corrected chi connectivity index (χ1v) is 7.26. The molecule has 0 saturated carbocycles. The highest BCUT2D eigenvalue weighted by molar-refractivity contribution is 5.97. The van der Waals surface area contributed by atoms with Gasteiger partial charge in [0.15, 0.2) is 0 Å². The summed E-state index contributed by atoms with van der Waals surface area (Å²) < 4.78 is 5.46. The van der Waals surface area contributed by atoms with Crippen LogP contribution in [-0.2, 0) is 14.3 Å². The summed E-state index contributed by atoms with van der Waals surface area (Å²) in [6, 6.07) is -0.580. The quantitative estimate of drug-likeness (QED) is 0.704. The molecule has 0 aliphatic carbocycles. The topological polar surface area (TPSA) is 49.9 Å². The first kappa shape index (κ1) is 12.9. The second-order valence-corrected chi connectivity index (χ2v) is 6.23. The highest BCUT2D eigenvalue weighted by atomic mass is 16.5. The van der Waals surface area contributed by atoms with Crippen LogP contribution in [0.25, 0.3) is 0 Å². The SMILES string of the molecule is CC1C(=O)N2CCCCC2C(=O)N1C1(C)CCOC1. The van der Waals surface area contributed by atoms with E-state index in [2.05, 4.69) is 0 Å². The Bertz CT molecular complexity index is 403. The molecular formula is C14H22N2O3. The molecule has 3 aliphatic rings. The molecule has 3 heterocycles. The largest absolute Gasteiger partial charge is 0.379 e. The summed E-state index contributed by atoms with van der Waals surface area (Å²) in [4.78, 5) is 28.9. The van der Waals surface area contributed by atoms with Crippen LogP contribution < -0.4 is 0 Å². The lowest BCUT2D eigenvalue weighted by Crippen LogP contribution is -2.70. The smallest absolute Gasteiger partial charge is 0.246 e. The molecule has 0 N–H and O–H groups in total. The molecule has 0 aromatic rings. The molecule has 0 bridgehead atoms. The minimum Gasteiger partial charge on any atom is -0.379 e. The Morgan fingerprint density at radius 2 is 2.05 bits per heavy atom. The van der Waals surface area contributed by atoms with Crippen molar-refractivity contribution in [2.24, 2.45) is 0 Å². The van der Waals surface area contributed by atoms with Crippen LogP contribution in [0, 0.1) is 0 Å². The van der Waals surface area contributed by atoms with E-state index in [1.165, 1.54) is 0 Å². The third kappa shape index (κ3) is 1.86. The minimum atomic E-state index is -0.353. The van der Waals surface area contributed by atoms with E-state index in [9.17, 15) is 9.59 Å². The maximum Gasteiger partial charge on any atom is 0.246 e. The lowest BCUT2D eigenvalue weighted by Gasteiger charge is -2.51. The molecule has 5 nitrogen and oxygen atoms in total. The van der Waals surface area contributed by atoms with Gasteiger partial charge in [0.05, 0.1) is 12.1 Å². The number of amides is 2. The second-order valence-electron chi connectivity index (χ2n) is 6.23. The number of ether oxygens (including phenoxy) is 1. The highest BCUT2D eigenvalue weighted by Crippen LogP contribution is 2.34. The van der Waals surface area contributed by atoms with Gasteiger partial charge in [0.25, 0.3) is 0 Å². The van der Waals surface area contributed by atoms with E-state index < -0.39 is 0 Å². The van der Waals surface area contributed by atoms with Crippen LogP contribution in [0.2, 0.25) is 0 Å². The van der Waals surface area contributed by atoms with Crippen molar-refractivity contribution in [2.45, 2.75) is 57.2 Å². The maximum atomic E-state index is 12.8. The molecule has 3 aliphatic heterocycles. The van der Waals surface area contributed by atoms with Crippen LogP contribution in [0.1, 0.15) is 39.5 Å². The monoisotopic (exact) mass is 266 g/mol. The average molecular weight is 266 g/mol. The number of hydrogen-bond acceptors (Lipinski definition) is 3. The molecule has 3 rings (SSSR count). The van der Waals surface area contributed by atoms with Crippen LogP contribution in [0.4, 0.5) is 0 Å². The van der Waals surface area contributed by atoms with E-state index >= 15 is 0 Å². The molecular weight excluding hydrogens is 244 g/mol. The number of hydrogen-bond donors (Lipinski definition) is 0. The molecule has 3 fully saturated rings. The molecule has 0 aromatic heterocycles. The van der Waals surface area contributed by atoms with Gasteiger partial charge in [-0.2, -0.15) is 0 Å². The van der Waals surface area contributed by atoms with Gasteiger partial charge in [0.1, 0.15) is 12.1 Å². The first-order chi connectivity index (χ1) is 9.04. The summed E-state index contributed by atoms with van der Waals surface area (Å²) in [6.45, 7) is 5.86. The lowest BCUT2D eigenvalue weighted by molar-refractivity contribution is -0.169. The van der Waals surface area contributed by atoms with Crippen LogP contribution in [-0.4, -0.2) is 59.0 Å². The Labute approximate surface area is 113 Å². The molecule has 106 valence electrons. The molecule has 0 aromatic carbocycles. The van der Waals surface area contributed by atoms with Crippen molar-refractivity contribution in [1.82, 2.24) is 9.80 Å². The normalized spacial score (nSPS) is 39.7. The van der Waals surface area contributed by atoms with Crippen LogP contribution in [0.15, 0.2) is 0 Å². The minimum absolute atomic E-state index is 0.109. The third-order valence-corrected chi connectivity index (χ3v) is 4.83. The summed E-state index contributed by atoms with van der Waals surface area (Å²) in [5.41, 5.74) is -0.310. The lowest BCUT2D eigenvalue weighted by atomic mass is 9.89. The van der Waals surface area contributed by atoms with Crippen LogP contribution >= 0.6 is 0 Å². The predicted molar refractivity (Wildman–Crippen MR) is 69.5 cm³/mol. The van der Waals surface area contributed by atoms with Crippen molar-refractivity contribution < 1.29 is 14.3 Å². The van der Waals surface area contributed by atoms with Crippen molar-refractivity contribution >= 4 is 11.8 Å². The maximum absolute atomic E-state index is 12.8. The van der Waals surface area contributed by atoms with E-state index in [1.54, 1.807) is 4.90 Å². The fraction of sp³-hybridized carbons (Fsp3) is 0.857. The van der Waals surface area contributed by atoms with Gasteiger partial charge in [0, 0.05) is 13.2 Å². The van der Waals surface area contributed by atoms with Gasteiger partial charge in [-0.15, -0.1) is 0 Å². The number of carbonyl (C=O) groups is 2. The van der Waals surface area contributed by atoms with Crippen LogP contribution in [0.3, 0.4) is 0 Å². The first-order valence-electron chi connectivity index (χ1n) is 7.26. The molecule has 3 saturated heterocycles. The Balaban J connectivity index is 1.92. The zero-order chi connectivity index (χ0) is 13.6. The molecule has 3 unspecified atom stereocenters. The number of fused-ring (bicyclic) bond motifs is 1. The molecule has 0 spiro atoms. The zero-order valence-corrected chi connectivity index (χ0v) is 11.7. The molecule has 5 heteroatoms. The van der Waals surface area contributed by atoms with E-state index in [0.717, 1.165) is 32.2 Å². The summed E-state index contributed by atoms with van der Waals surface area (Å²) >= 11 is 0. The van der Waals surface area contributed by atoms with Crippen molar-refractivity contribution in [1.29, 1.82) is 0 Å². The highest BCUT2D eigenvalue weighted by Gasteiger charge is 2.51. The Hall–Kier alpha value is -1.10. The predicted octanol–water partition coefficient (Wildman–Crippen LogP) is 0.777. The van der Waals surface area contributed by atoms with Gasteiger partial charge in [0.2, 0.25) is 11.8 Å². The fourth-order valence-corrected chi connectivity index (χ4v) is 3.73. The Kier molecular flexibility index (Phi) is 3.04.